The van der Waals surface area contributed by atoms with E-state index in [4.69, 9.17) is 0 Å². The zero-order valence-corrected chi connectivity index (χ0v) is 14.7. The number of rotatable bonds is 3. The number of aryl methyl sites for hydroxylation is 1. The van der Waals surface area contributed by atoms with Gasteiger partial charge in [0.05, 0.1) is 11.9 Å². The summed E-state index contributed by atoms with van der Waals surface area (Å²) in [4.78, 5) is 0.317. The van der Waals surface area contributed by atoms with Gasteiger partial charge >= 0.3 is 0 Å². The number of hydrogen-bond donors (Lipinski definition) is 0. The maximum Gasteiger partial charge on any atom is 0.246 e. The standard InChI is InChI=1S/C17H23N3O2S/c1-14-16(12-18-19(14)3)23(21,22)20-11-7-10-17(2,13-20)15-8-5-4-6-9-15/h4-6,8-9,12H,7,10-11,13H2,1-3H3/t17-/m0/s1. The third-order valence-corrected chi connectivity index (χ3v) is 6.89. The maximum absolute atomic E-state index is 13.0. The third-order valence-electron chi connectivity index (χ3n) is 4.94. The first-order valence-electron chi connectivity index (χ1n) is 7.89. The second-order valence-corrected chi connectivity index (χ2v) is 8.49. The van der Waals surface area contributed by atoms with E-state index < -0.39 is 10.0 Å². The highest BCUT2D eigenvalue weighted by Gasteiger charge is 2.39. The third kappa shape index (κ3) is 2.81. The quantitative estimate of drug-likeness (QED) is 0.867. The number of piperidine rings is 1. The Labute approximate surface area is 138 Å². The molecule has 0 saturated carbocycles. The Hall–Kier alpha value is -1.66. The molecule has 6 heteroatoms. The zero-order chi connectivity index (χ0) is 16.7. The van der Waals surface area contributed by atoms with E-state index in [0.29, 0.717) is 23.7 Å². The Kier molecular flexibility index (Phi) is 4.06. The molecule has 5 nitrogen and oxygen atoms in total. The van der Waals surface area contributed by atoms with Gasteiger partial charge in [-0.05, 0) is 25.3 Å². The SMILES string of the molecule is Cc1c(S(=O)(=O)N2CCC[C@](C)(c3ccccc3)C2)cnn1C. The smallest absolute Gasteiger partial charge is 0.246 e. The number of sulfonamides is 1. The Balaban J connectivity index is 1.94. The van der Waals surface area contributed by atoms with Crippen LogP contribution in [0.1, 0.15) is 31.0 Å². The summed E-state index contributed by atoms with van der Waals surface area (Å²) in [6.07, 6.45) is 3.32. The molecule has 1 saturated heterocycles. The van der Waals surface area contributed by atoms with E-state index in [2.05, 4.69) is 24.2 Å². The summed E-state index contributed by atoms with van der Waals surface area (Å²) >= 11 is 0. The first-order chi connectivity index (χ1) is 10.8. The van der Waals surface area contributed by atoms with E-state index in [1.165, 1.54) is 11.8 Å². The molecule has 0 unspecified atom stereocenters. The van der Waals surface area contributed by atoms with E-state index in [0.717, 1.165) is 12.8 Å². The molecule has 2 aromatic rings. The van der Waals surface area contributed by atoms with Gasteiger partial charge in [0.15, 0.2) is 0 Å². The summed E-state index contributed by atoms with van der Waals surface area (Å²) in [5.41, 5.74) is 1.72. The summed E-state index contributed by atoms with van der Waals surface area (Å²) in [5, 5.41) is 4.08. The minimum absolute atomic E-state index is 0.150. The van der Waals surface area contributed by atoms with E-state index in [-0.39, 0.29) is 5.41 Å². The molecule has 0 N–H and O–H groups in total. The Morgan fingerprint density at radius 3 is 2.52 bits per heavy atom. The highest BCUT2D eigenvalue weighted by molar-refractivity contribution is 7.89. The molecule has 0 aliphatic carbocycles. The summed E-state index contributed by atoms with van der Waals surface area (Å²) in [6.45, 7) is 5.02. The van der Waals surface area contributed by atoms with Crippen LogP contribution in [0.15, 0.2) is 41.4 Å². The molecular weight excluding hydrogens is 310 g/mol. The van der Waals surface area contributed by atoms with Gasteiger partial charge in [-0.15, -0.1) is 0 Å². The number of hydrogen-bond acceptors (Lipinski definition) is 3. The topological polar surface area (TPSA) is 55.2 Å². The monoisotopic (exact) mass is 333 g/mol. The Morgan fingerprint density at radius 2 is 1.91 bits per heavy atom. The van der Waals surface area contributed by atoms with Crippen LogP contribution in [-0.4, -0.2) is 35.6 Å². The van der Waals surface area contributed by atoms with Gasteiger partial charge in [0.25, 0.3) is 0 Å². The van der Waals surface area contributed by atoms with Gasteiger partial charge in [-0.2, -0.15) is 9.40 Å². The molecule has 2 heterocycles. The molecule has 1 aromatic carbocycles. The maximum atomic E-state index is 13.0. The normalized spacial score (nSPS) is 23.1. The first-order valence-corrected chi connectivity index (χ1v) is 9.33. The number of benzene rings is 1. The fraction of sp³-hybridized carbons (Fsp3) is 0.471. The van der Waals surface area contributed by atoms with Gasteiger partial charge in [0.1, 0.15) is 4.90 Å². The van der Waals surface area contributed by atoms with Crippen LogP contribution >= 0.6 is 0 Å². The molecule has 0 bridgehead atoms. The van der Waals surface area contributed by atoms with Crippen LogP contribution in [-0.2, 0) is 22.5 Å². The lowest BCUT2D eigenvalue weighted by Gasteiger charge is -2.40. The highest BCUT2D eigenvalue weighted by atomic mass is 32.2. The predicted octanol–water partition coefficient (Wildman–Crippen LogP) is 2.47. The van der Waals surface area contributed by atoms with Crippen molar-refractivity contribution in [2.24, 2.45) is 7.05 Å². The minimum Gasteiger partial charge on any atom is -0.272 e. The van der Waals surface area contributed by atoms with Crippen LogP contribution in [0.25, 0.3) is 0 Å². The Bertz CT molecular complexity index is 799. The van der Waals surface area contributed by atoms with Crippen molar-refractivity contribution in [3.05, 3.63) is 47.8 Å². The Morgan fingerprint density at radius 1 is 1.22 bits per heavy atom. The molecule has 3 rings (SSSR count). The largest absolute Gasteiger partial charge is 0.272 e. The van der Waals surface area contributed by atoms with Gasteiger partial charge in [-0.25, -0.2) is 8.42 Å². The van der Waals surface area contributed by atoms with Gasteiger partial charge in [-0.3, -0.25) is 4.68 Å². The summed E-state index contributed by atoms with van der Waals surface area (Å²) in [5.74, 6) is 0. The van der Waals surface area contributed by atoms with Crippen LogP contribution < -0.4 is 0 Å². The average Bonchev–Trinajstić information content (AvgIpc) is 2.88. The molecular formula is C17H23N3O2S. The van der Waals surface area contributed by atoms with Crippen LogP contribution in [0.2, 0.25) is 0 Å². The summed E-state index contributed by atoms with van der Waals surface area (Å²) < 4.78 is 29.2. The predicted molar refractivity (Wildman–Crippen MR) is 89.7 cm³/mol. The van der Waals surface area contributed by atoms with Crippen molar-refractivity contribution in [2.75, 3.05) is 13.1 Å². The van der Waals surface area contributed by atoms with Gasteiger partial charge < -0.3 is 0 Å². The molecule has 0 amide bonds. The second-order valence-electron chi connectivity index (χ2n) is 6.59. The summed E-state index contributed by atoms with van der Waals surface area (Å²) in [6, 6.07) is 10.2. The number of nitrogens with zero attached hydrogens (tertiary/aromatic N) is 3. The fourth-order valence-electron chi connectivity index (χ4n) is 3.35. The van der Waals surface area contributed by atoms with Gasteiger partial charge in [-0.1, -0.05) is 37.3 Å². The minimum atomic E-state index is -3.50. The van der Waals surface area contributed by atoms with Crippen LogP contribution in [0.3, 0.4) is 0 Å². The van der Waals surface area contributed by atoms with E-state index in [1.54, 1.807) is 23.0 Å². The molecule has 1 atom stereocenters. The molecule has 0 spiro atoms. The summed E-state index contributed by atoms with van der Waals surface area (Å²) in [7, 11) is -1.74. The first kappa shape index (κ1) is 16.2. The van der Waals surface area contributed by atoms with Crippen LogP contribution in [0.4, 0.5) is 0 Å². The number of aromatic nitrogens is 2. The van der Waals surface area contributed by atoms with Crippen molar-refractivity contribution in [1.29, 1.82) is 0 Å². The lowest BCUT2D eigenvalue weighted by atomic mass is 9.77. The van der Waals surface area contributed by atoms with Gasteiger partial charge in [0, 0.05) is 25.6 Å². The molecule has 1 fully saturated rings. The molecule has 124 valence electrons. The van der Waals surface area contributed by atoms with E-state index >= 15 is 0 Å². The van der Waals surface area contributed by atoms with Crippen molar-refractivity contribution in [3.63, 3.8) is 0 Å². The van der Waals surface area contributed by atoms with Crippen molar-refractivity contribution >= 4 is 10.0 Å². The van der Waals surface area contributed by atoms with E-state index in [1.807, 2.05) is 18.2 Å². The average molecular weight is 333 g/mol. The molecule has 23 heavy (non-hydrogen) atoms. The van der Waals surface area contributed by atoms with Crippen molar-refractivity contribution in [2.45, 2.75) is 37.0 Å². The molecule has 1 aliphatic heterocycles. The fourth-order valence-corrected chi connectivity index (χ4v) is 5.13. The highest BCUT2D eigenvalue weighted by Crippen LogP contribution is 2.36. The second kappa shape index (κ2) is 5.76. The van der Waals surface area contributed by atoms with Crippen molar-refractivity contribution in [3.8, 4) is 0 Å². The lowest BCUT2D eigenvalue weighted by Crippen LogP contribution is -2.47. The van der Waals surface area contributed by atoms with Crippen LogP contribution in [0.5, 0.6) is 0 Å². The van der Waals surface area contributed by atoms with Crippen molar-refractivity contribution in [1.82, 2.24) is 14.1 Å². The van der Waals surface area contributed by atoms with Crippen molar-refractivity contribution < 1.29 is 8.42 Å². The lowest BCUT2D eigenvalue weighted by molar-refractivity contribution is 0.240. The molecule has 1 aliphatic rings. The van der Waals surface area contributed by atoms with Gasteiger partial charge in [0.2, 0.25) is 10.0 Å². The van der Waals surface area contributed by atoms with Crippen LogP contribution in [0, 0.1) is 6.92 Å². The van der Waals surface area contributed by atoms with E-state index in [9.17, 15) is 8.42 Å². The zero-order valence-electron chi connectivity index (χ0n) is 13.9. The molecule has 0 radical (unpaired) electrons. The molecule has 1 aromatic heterocycles.